The van der Waals surface area contributed by atoms with E-state index >= 15 is 0 Å². The number of imidazole rings is 1. The molecule has 0 radical (unpaired) electrons. The maximum atomic E-state index is 12.8. The highest BCUT2D eigenvalue weighted by Gasteiger charge is 2.34. The number of ether oxygens (including phenoxy) is 2. The van der Waals surface area contributed by atoms with Gasteiger partial charge in [-0.1, -0.05) is 0 Å². The fourth-order valence-corrected chi connectivity index (χ4v) is 3.60. The molecule has 3 aromatic rings. The molecule has 0 spiro atoms. The zero-order valence-electron chi connectivity index (χ0n) is 16.1. The lowest BCUT2D eigenvalue weighted by atomic mass is 9.89. The Balaban J connectivity index is 1.65. The second-order valence-corrected chi connectivity index (χ2v) is 7.10. The summed E-state index contributed by atoms with van der Waals surface area (Å²) in [6.07, 6.45) is 3.22. The van der Waals surface area contributed by atoms with Gasteiger partial charge in [0.15, 0.2) is 5.65 Å². The zero-order valence-corrected chi connectivity index (χ0v) is 16.1. The van der Waals surface area contributed by atoms with Gasteiger partial charge in [-0.05, 0) is 24.5 Å². The first-order valence-corrected chi connectivity index (χ1v) is 9.45. The van der Waals surface area contributed by atoms with E-state index in [4.69, 9.17) is 9.47 Å². The van der Waals surface area contributed by atoms with E-state index in [0.29, 0.717) is 35.3 Å². The van der Waals surface area contributed by atoms with Gasteiger partial charge in [-0.15, -0.1) is 0 Å². The highest BCUT2D eigenvalue weighted by Crippen LogP contribution is 2.29. The number of carbonyl (C=O) groups excluding carboxylic acids is 1. The number of amides is 1. The van der Waals surface area contributed by atoms with E-state index < -0.39 is 0 Å². The number of hydrogen-bond acceptors (Lipinski definition) is 8. The van der Waals surface area contributed by atoms with Crippen LogP contribution in [-0.4, -0.2) is 51.9 Å². The predicted molar refractivity (Wildman–Crippen MR) is 107 cm³/mol. The molecular formula is C19H21N7O3. The van der Waals surface area contributed by atoms with E-state index in [2.05, 4.69) is 30.9 Å². The van der Waals surface area contributed by atoms with Crippen molar-refractivity contribution in [3.05, 3.63) is 30.1 Å². The Morgan fingerprint density at radius 1 is 1.24 bits per heavy atom. The van der Waals surface area contributed by atoms with Gasteiger partial charge in [-0.25, -0.2) is 19.3 Å². The van der Waals surface area contributed by atoms with Crippen molar-refractivity contribution in [3.8, 4) is 5.88 Å². The van der Waals surface area contributed by atoms with Crippen LogP contribution in [0.3, 0.4) is 0 Å². The van der Waals surface area contributed by atoms with Gasteiger partial charge in [-0.3, -0.25) is 0 Å². The van der Waals surface area contributed by atoms with Gasteiger partial charge in [0.2, 0.25) is 5.88 Å². The summed E-state index contributed by atoms with van der Waals surface area (Å²) in [4.78, 5) is 26.3. The molecule has 3 N–H and O–H groups in total. The maximum Gasteiger partial charge on any atom is 0.328 e. The summed E-state index contributed by atoms with van der Waals surface area (Å²) in [7, 11) is 3.38. The van der Waals surface area contributed by atoms with Crippen LogP contribution in [0.4, 0.5) is 22.1 Å². The van der Waals surface area contributed by atoms with Crippen molar-refractivity contribution < 1.29 is 14.3 Å². The number of hydrogen-bond donors (Lipinski definition) is 3. The molecule has 10 nitrogen and oxygen atoms in total. The highest BCUT2D eigenvalue weighted by molar-refractivity contribution is 5.94. The minimum atomic E-state index is -0.270. The SMILES string of the molecule is CNc1cc2nc3c1ncn3C(=O)N[C@@H]1CC[C@H]1OCc1cc(nc(OC)c1)N2. The Hall–Kier alpha value is -3.40. The first-order chi connectivity index (χ1) is 14.1. The van der Waals surface area contributed by atoms with Crippen LogP contribution in [0.25, 0.3) is 11.2 Å². The third-order valence-electron chi connectivity index (χ3n) is 5.30. The van der Waals surface area contributed by atoms with Crippen molar-refractivity contribution >= 4 is 34.5 Å². The summed E-state index contributed by atoms with van der Waals surface area (Å²) in [6.45, 7) is 0.398. The van der Waals surface area contributed by atoms with E-state index in [1.165, 1.54) is 10.9 Å². The highest BCUT2D eigenvalue weighted by atomic mass is 16.5. The lowest BCUT2D eigenvalue weighted by Gasteiger charge is -2.36. The molecule has 3 aromatic heterocycles. The lowest BCUT2D eigenvalue weighted by Crippen LogP contribution is -2.52. The number of fused-ring (bicyclic) bond motifs is 4. The van der Waals surface area contributed by atoms with Gasteiger partial charge in [0.1, 0.15) is 23.5 Å². The number of anilines is 3. The van der Waals surface area contributed by atoms with Crippen molar-refractivity contribution in [1.82, 2.24) is 24.8 Å². The molecule has 0 saturated heterocycles. The number of pyridine rings is 2. The monoisotopic (exact) mass is 395 g/mol. The molecule has 2 atom stereocenters. The molecule has 1 saturated carbocycles. The third-order valence-corrected chi connectivity index (χ3v) is 5.30. The minimum Gasteiger partial charge on any atom is -0.481 e. The van der Waals surface area contributed by atoms with E-state index in [1.54, 1.807) is 14.2 Å². The summed E-state index contributed by atoms with van der Waals surface area (Å²) >= 11 is 0. The Bertz CT molecular complexity index is 1100. The van der Waals surface area contributed by atoms with Crippen LogP contribution >= 0.6 is 0 Å². The molecule has 1 aliphatic heterocycles. The van der Waals surface area contributed by atoms with Gasteiger partial charge in [0, 0.05) is 19.2 Å². The van der Waals surface area contributed by atoms with Gasteiger partial charge >= 0.3 is 6.03 Å². The Labute approximate surface area is 166 Å². The molecule has 0 aromatic carbocycles. The molecule has 2 aliphatic rings. The number of nitrogens with one attached hydrogen (secondary N) is 3. The van der Waals surface area contributed by atoms with Crippen LogP contribution in [0.1, 0.15) is 18.4 Å². The summed E-state index contributed by atoms with van der Waals surface area (Å²) in [5.74, 6) is 1.59. The number of carbonyl (C=O) groups is 1. The van der Waals surface area contributed by atoms with Crippen LogP contribution in [-0.2, 0) is 11.3 Å². The third kappa shape index (κ3) is 3.11. The molecule has 150 valence electrons. The zero-order chi connectivity index (χ0) is 20.0. The van der Waals surface area contributed by atoms with Crippen LogP contribution < -0.4 is 20.7 Å². The predicted octanol–water partition coefficient (Wildman–Crippen LogP) is 2.24. The normalized spacial score (nSPS) is 20.8. The van der Waals surface area contributed by atoms with E-state index in [9.17, 15) is 4.79 Å². The van der Waals surface area contributed by atoms with Crippen molar-refractivity contribution in [2.45, 2.75) is 31.6 Å². The number of methoxy groups -OCH3 is 1. The van der Waals surface area contributed by atoms with Crippen molar-refractivity contribution in [3.63, 3.8) is 0 Å². The average molecular weight is 395 g/mol. The molecule has 5 rings (SSSR count). The molecular weight excluding hydrogens is 374 g/mol. The van der Waals surface area contributed by atoms with E-state index in [1.807, 2.05) is 18.2 Å². The van der Waals surface area contributed by atoms with E-state index in [0.717, 1.165) is 24.1 Å². The number of rotatable bonds is 2. The summed E-state index contributed by atoms with van der Waals surface area (Å²) in [5, 5.41) is 9.34. The molecule has 1 aliphatic carbocycles. The van der Waals surface area contributed by atoms with Crippen LogP contribution in [0.2, 0.25) is 0 Å². The van der Waals surface area contributed by atoms with Gasteiger partial charge in [-0.2, -0.15) is 4.98 Å². The Morgan fingerprint density at radius 2 is 2.10 bits per heavy atom. The molecule has 0 unspecified atom stereocenters. The van der Waals surface area contributed by atoms with Crippen LogP contribution in [0.5, 0.6) is 5.88 Å². The second kappa shape index (κ2) is 6.89. The fraction of sp³-hybridized carbons (Fsp3) is 0.368. The summed E-state index contributed by atoms with van der Waals surface area (Å²) in [6, 6.07) is 5.25. The molecule has 1 amide bonds. The Kier molecular flexibility index (Phi) is 4.20. The molecule has 29 heavy (non-hydrogen) atoms. The second-order valence-electron chi connectivity index (χ2n) is 7.10. The average Bonchev–Trinajstić information content (AvgIpc) is 3.13. The van der Waals surface area contributed by atoms with Gasteiger partial charge in [0.05, 0.1) is 31.5 Å². The van der Waals surface area contributed by atoms with Gasteiger partial charge in [0.25, 0.3) is 0 Å². The standard InChI is InChI=1S/C19H21N7O3/c1-20-12-7-15-23-14-5-10(6-16(24-14)28-2)8-29-13-4-3-11(13)22-19(27)26-9-21-17(12)18(26)25-15/h5-7,9,11,13H,3-4,8H2,1-2H3,(H,22,27)(H2,20,23,24,25)/t11-,13-/m1/s1. The molecule has 4 bridgehead atoms. The topological polar surface area (TPSA) is 115 Å². The fourth-order valence-electron chi connectivity index (χ4n) is 3.60. The van der Waals surface area contributed by atoms with Crippen molar-refractivity contribution in [1.29, 1.82) is 0 Å². The smallest absolute Gasteiger partial charge is 0.328 e. The molecule has 1 fully saturated rings. The van der Waals surface area contributed by atoms with Gasteiger partial charge < -0.3 is 25.4 Å². The molecule has 4 heterocycles. The van der Waals surface area contributed by atoms with Crippen molar-refractivity contribution in [2.75, 3.05) is 24.8 Å². The summed E-state index contributed by atoms with van der Waals surface area (Å²) in [5.41, 5.74) is 2.74. The maximum absolute atomic E-state index is 12.8. The van der Waals surface area contributed by atoms with E-state index in [-0.39, 0.29) is 18.2 Å². The first kappa shape index (κ1) is 17.7. The number of nitrogens with zero attached hydrogens (tertiary/aromatic N) is 4. The van der Waals surface area contributed by atoms with Crippen molar-refractivity contribution in [2.24, 2.45) is 0 Å². The van der Waals surface area contributed by atoms with Crippen LogP contribution in [0, 0.1) is 0 Å². The Morgan fingerprint density at radius 3 is 2.86 bits per heavy atom. The molecule has 10 heteroatoms. The largest absolute Gasteiger partial charge is 0.481 e. The first-order valence-electron chi connectivity index (χ1n) is 9.45. The lowest BCUT2D eigenvalue weighted by molar-refractivity contribution is -0.0323. The van der Waals surface area contributed by atoms with Crippen LogP contribution in [0.15, 0.2) is 24.5 Å². The summed E-state index contributed by atoms with van der Waals surface area (Å²) < 4.78 is 12.8. The number of aromatic nitrogens is 4. The minimum absolute atomic E-state index is 0.0383. The quantitative estimate of drug-likeness (QED) is 0.605.